The first-order chi connectivity index (χ1) is 14.4. The second-order valence-electron chi connectivity index (χ2n) is 7.47. The van der Waals surface area contributed by atoms with E-state index in [2.05, 4.69) is 31.0 Å². The summed E-state index contributed by atoms with van der Waals surface area (Å²) in [6.45, 7) is 6.42. The predicted octanol–water partition coefficient (Wildman–Crippen LogP) is 4.03. The summed E-state index contributed by atoms with van der Waals surface area (Å²) in [5.41, 5.74) is 2.16. The molecule has 1 fully saturated rings. The number of rotatable bonds is 4. The monoisotopic (exact) mass is 470 g/mol. The normalized spacial score (nSPS) is 15.9. The summed E-state index contributed by atoms with van der Waals surface area (Å²) in [5.74, 6) is 0.967. The van der Waals surface area contributed by atoms with Crippen molar-refractivity contribution < 1.29 is 14.4 Å². The number of aromatic nitrogens is 2. The summed E-state index contributed by atoms with van der Waals surface area (Å²) in [4.78, 5) is 21.5. The van der Waals surface area contributed by atoms with Crippen LogP contribution >= 0.6 is 15.9 Å². The Bertz CT molecular complexity index is 1050. The Morgan fingerprint density at radius 1 is 1.17 bits per heavy atom. The summed E-state index contributed by atoms with van der Waals surface area (Å²) >= 11 is 3.31. The Morgan fingerprint density at radius 3 is 2.57 bits per heavy atom. The molecule has 1 amide bonds. The molecular weight excluding hydrogens is 448 g/mol. The molecule has 1 saturated heterocycles. The van der Waals surface area contributed by atoms with Gasteiger partial charge in [-0.1, -0.05) is 35.5 Å². The molecule has 30 heavy (non-hydrogen) atoms. The Labute approximate surface area is 183 Å². The lowest BCUT2D eigenvalue weighted by Crippen LogP contribution is -2.49. The number of carbonyl (C=O) groups is 1. The van der Waals surface area contributed by atoms with Crippen LogP contribution in [0.25, 0.3) is 11.4 Å². The molecule has 1 N–H and O–H groups in total. The molecule has 7 nitrogen and oxygen atoms in total. The van der Waals surface area contributed by atoms with Gasteiger partial charge >= 0.3 is 0 Å². The van der Waals surface area contributed by atoms with Crippen molar-refractivity contribution in [3.63, 3.8) is 0 Å². The van der Waals surface area contributed by atoms with Crippen LogP contribution in [0.3, 0.4) is 0 Å². The van der Waals surface area contributed by atoms with Gasteiger partial charge in [0.15, 0.2) is 0 Å². The maximum Gasteiger partial charge on any atom is 0.257 e. The summed E-state index contributed by atoms with van der Waals surface area (Å²) < 4.78 is 6.03. The predicted molar refractivity (Wildman–Crippen MR) is 116 cm³/mol. The van der Waals surface area contributed by atoms with Gasteiger partial charge in [-0.2, -0.15) is 4.98 Å². The van der Waals surface area contributed by atoms with Crippen molar-refractivity contribution in [1.29, 1.82) is 0 Å². The first kappa shape index (κ1) is 20.6. The topological polar surface area (TPSA) is 82.7 Å². The third-order valence-corrected chi connectivity index (χ3v) is 6.02. The Balaban J connectivity index is 1.41. The number of phenolic OH excluding ortho intramolecular Hbond substituents is 1. The van der Waals surface area contributed by atoms with E-state index in [9.17, 15) is 9.90 Å². The van der Waals surface area contributed by atoms with E-state index in [1.54, 1.807) is 17.0 Å². The molecule has 1 aliphatic heterocycles. The summed E-state index contributed by atoms with van der Waals surface area (Å²) in [6, 6.07) is 13.2. The van der Waals surface area contributed by atoms with Crippen LogP contribution in [0, 0.1) is 6.92 Å². The summed E-state index contributed by atoms with van der Waals surface area (Å²) in [5, 5.41) is 14.4. The Morgan fingerprint density at radius 2 is 1.87 bits per heavy atom. The van der Waals surface area contributed by atoms with Crippen LogP contribution in [0.4, 0.5) is 0 Å². The van der Waals surface area contributed by atoms with E-state index in [1.807, 2.05) is 44.2 Å². The van der Waals surface area contributed by atoms with Crippen LogP contribution in [0.15, 0.2) is 51.5 Å². The van der Waals surface area contributed by atoms with Gasteiger partial charge in [-0.3, -0.25) is 9.69 Å². The molecule has 8 heteroatoms. The molecule has 0 spiro atoms. The molecular formula is C22H23BrN4O3. The first-order valence-corrected chi connectivity index (χ1v) is 10.6. The van der Waals surface area contributed by atoms with E-state index < -0.39 is 0 Å². The molecule has 0 bridgehead atoms. The summed E-state index contributed by atoms with van der Waals surface area (Å²) in [6.07, 6.45) is 0. The van der Waals surface area contributed by atoms with Gasteiger partial charge in [-0.05, 0) is 47.5 Å². The van der Waals surface area contributed by atoms with E-state index in [0.717, 1.165) is 11.1 Å². The number of aromatic hydroxyl groups is 1. The molecule has 4 rings (SSSR count). The van der Waals surface area contributed by atoms with Crippen LogP contribution in [-0.4, -0.2) is 57.1 Å². The highest BCUT2D eigenvalue weighted by Gasteiger charge is 2.29. The number of nitrogens with zero attached hydrogens (tertiary/aromatic N) is 4. The number of hydrogen-bond donors (Lipinski definition) is 1. The van der Waals surface area contributed by atoms with Crippen molar-refractivity contribution in [2.24, 2.45) is 0 Å². The number of amides is 1. The molecule has 0 saturated carbocycles. The number of piperazine rings is 1. The minimum absolute atomic E-state index is 0.0132. The van der Waals surface area contributed by atoms with Crippen molar-refractivity contribution >= 4 is 21.8 Å². The smallest absolute Gasteiger partial charge is 0.257 e. The van der Waals surface area contributed by atoms with Crippen LogP contribution < -0.4 is 0 Å². The van der Waals surface area contributed by atoms with Crippen LogP contribution in [-0.2, 0) is 0 Å². The summed E-state index contributed by atoms with van der Waals surface area (Å²) in [7, 11) is 0. The lowest BCUT2D eigenvalue weighted by Gasteiger charge is -2.37. The highest BCUT2D eigenvalue weighted by Crippen LogP contribution is 2.31. The molecule has 1 aromatic heterocycles. The minimum Gasteiger partial charge on any atom is -0.506 e. The molecule has 2 heterocycles. The SMILES string of the molecule is Cc1cc(Br)c(O)c(C(=O)N2CCN(C(C)c3nc(-c4ccccc4)no3)CC2)c1. The standard InChI is InChI=1S/C22H23BrN4O3/c1-14-12-17(19(28)18(23)13-14)22(29)27-10-8-26(9-11-27)15(2)21-24-20(25-30-21)16-6-4-3-5-7-16/h3-7,12-13,15,28H,8-11H2,1-2H3. The molecule has 0 radical (unpaired) electrons. The number of benzene rings is 2. The number of hydrogen-bond acceptors (Lipinski definition) is 6. The van der Waals surface area contributed by atoms with Crippen LogP contribution in [0.1, 0.15) is 34.8 Å². The van der Waals surface area contributed by atoms with Gasteiger partial charge in [0.25, 0.3) is 5.91 Å². The maximum absolute atomic E-state index is 12.9. The van der Waals surface area contributed by atoms with Gasteiger partial charge in [-0.25, -0.2) is 0 Å². The fourth-order valence-electron chi connectivity index (χ4n) is 3.65. The molecule has 0 aliphatic carbocycles. The van der Waals surface area contributed by atoms with Crippen LogP contribution in [0.2, 0.25) is 0 Å². The second kappa shape index (κ2) is 8.57. The van der Waals surface area contributed by atoms with Gasteiger partial charge in [0.05, 0.1) is 16.1 Å². The molecule has 3 aromatic rings. The largest absolute Gasteiger partial charge is 0.506 e. The van der Waals surface area contributed by atoms with Gasteiger partial charge in [-0.15, -0.1) is 0 Å². The van der Waals surface area contributed by atoms with E-state index in [-0.39, 0.29) is 17.7 Å². The van der Waals surface area contributed by atoms with Crippen molar-refractivity contribution in [1.82, 2.24) is 19.9 Å². The molecule has 2 aromatic carbocycles. The lowest BCUT2D eigenvalue weighted by atomic mass is 10.1. The van der Waals surface area contributed by atoms with Crippen molar-refractivity contribution in [3.05, 3.63) is 64.0 Å². The van der Waals surface area contributed by atoms with Gasteiger partial charge in [0.2, 0.25) is 11.7 Å². The Kier molecular flexibility index (Phi) is 5.87. The number of carbonyl (C=O) groups excluding carboxylic acids is 1. The van der Waals surface area contributed by atoms with E-state index >= 15 is 0 Å². The van der Waals surface area contributed by atoms with E-state index in [4.69, 9.17) is 4.52 Å². The van der Waals surface area contributed by atoms with Crippen molar-refractivity contribution in [2.45, 2.75) is 19.9 Å². The highest BCUT2D eigenvalue weighted by atomic mass is 79.9. The van der Waals surface area contributed by atoms with Crippen molar-refractivity contribution in [3.8, 4) is 17.1 Å². The number of phenols is 1. The molecule has 1 aliphatic rings. The molecule has 1 atom stereocenters. The van der Waals surface area contributed by atoms with E-state index in [1.165, 1.54) is 0 Å². The third kappa shape index (κ3) is 4.11. The fourth-order valence-corrected chi connectivity index (χ4v) is 4.22. The third-order valence-electron chi connectivity index (χ3n) is 5.42. The number of aryl methyl sites for hydroxylation is 1. The molecule has 1 unspecified atom stereocenters. The highest BCUT2D eigenvalue weighted by molar-refractivity contribution is 9.10. The first-order valence-electron chi connectivity index (χ1n) is 9.85. The average Bonchev–Trinajstić information content (AvgIpc) is 3.26. The maximum atomic E-state index is 12.9. The zero-order chi connectivity index (χ0) is 21.3. The van der Waals surface area contributed by atoms with E-state index in [0.29, 0.717) is 47.9 Å². The number of halogens is 1. The van der Waals surface area contributed by atoms with Gasteiger partial charge in [0.1, 0.15) is 5.75 Å². The van der Waals surface area contributed by atoms with Gasteiger partial charge < -0.3 is 14.5 Å². The average molecular weight is 471 g/mol. The fraction of sp³-hybridized carbons (Fsp3) is 0.318. The second-order valence-corrected chi connectivity index (χ2v) is 8.32. The Hall–Kier alpha value is -2.71. The zero-order valence-corrected chi connectivity index (χ0v) is 18.5. The molecule has 156 valence electrons. The van der Waals surface area contributed by atoms with Gasteiger partial charge in [0, 0.05) is 31.7 Å². The zero-order valence-electron chi connectivity index (χ0n) is 16.9. The quantitative estimate of drug-likeness (QED) is 0.619. The van der Waals surface area contributed by atoms with Crippen LogP contribution in [0.5, 0.6) is 5.75 Å². The minimum atomic E-state index is -0.159. The van der Waals surface area contributed by atoms with Crippen molar-refractivity contribution in [2.75, 3.05) is 26.2 Å². The lowest BCUT2D eigenvalue weighted by molar-refractivity contribution is 0.0549.